The Morgan fingerprint density at radius 3 is 2.53 bits per heavy atom. The second kappa shape index (κ2) is 10.7. The molecular weight excluding hydrogens is 432 g/mol. The molecule has 168 valence electrons. The van der Waals surface area contributed by atoms with Crippen LogP contribution in [0.5, 0.6) is 0 Å². The Bertz CT molecular complexity index is 1200. The van der Waals surface area contributed by atoms with Crippen molar-refractivity contribution in [2.45, 2.75) is 20.4 Å². The molecular formula is C22H24N4O5S. The van der Waals surface area contributed by atoms with Gasteiger partial charge in [-0.1, -0.05) is 0 Å². The van der Waals surface area contributed by atoms with E-state index in [0.717, 1.165) is 11.3 Å². The molecule has 0 saturated carbocycles. The van der Waals surface area contributed by atoms with E-state index in [1.165, 1.54) is 10.8 Å². The van der Waals surface area contributed by atoms with E-state index in [0.29, 0.717) is 48.6 Å². The van der Waals surface area contributed by atoms with Crippen LogP contribution < -0.4 is 20.1 Å². The molecule has 1 aliphatic heterocycles. The Hall–Kier alpha value is -3.42. The molecule has 10 heteroatoms. The van der Waals surface area contributed by atoms with E-state index < -0.39 is 5.97 Å². The lowest BCUT2D eigenvalue weighted by Crippen LogP contribution is -2.40. The van der Waals surface area contributed by atoms with Gasteiger partial charge in [-0.05, 0) is 38.1 Å². The number of amides is 1. The fourth-order valence-electron chi connectivity index (χ4n) is 3.18. The van der Waals surface area contributed by atoms with Crippen LogP contribution >= 0.6 is 11.3 Å². The van der Waals surface area contributed by atoms with Gasteiger partial charge in [0.2, 0.25) is 0 Å². The summed E-state index contributed by atoms with van der Waals surface area (Å²) in [5.74, 6) is -0.797. The maximum Gasteiger partial charge on any atom is 0.351 e. The minimum atomic E-state index is -0.751. The van der Waals surface area contributed by atoms with Crippen LogP contribution in [0.1, 0.15) is 24.2 Å². The molecule has 3 rings (SSSR count). The molecule has 1 aliphatic rings. The van der Waals surface area contributed by atoms with Gasteiger partial charge < -0.3 is 19.7 Å². The second-order valence-electron chi connectivity index (χ2n) is 6.80. The van der Waals surface area contributed by atoms with Gasteiger partial charge in [0, 0.05) is 37.1 Å². The van der Waals surface area contributed by atoms with Crippen LogP contribution in [0.2, 0.25) is 0 Å². The SMILES string of the molecule is CCOC(=O)/C(C#N)=c1\s/c(=C/Nc2ccc(C(=O)N3CCOCC3)cc2)c(=O)n1CC. The number of morpholine rings is 1. The average molecular weight is 457 g/mol. The summed E-state index contributed by atoms with van der Waals surface area (Å²) in [7, 11) is 0. The molecule has 1 fully saturated rings. The molecule has 0 spiro atoms. The molecule has 0 atom stereocenters. The van der Waals surface area contributed by atoms with Crippen LogP contribution in [0.4, 0.5) is 5.69 Å². The number of aromatic nitrogens is 1. The Morgan fingerprint density at radius 2 is 1.94 bits per heavy atom. The maximum absolute atomic E-state index is 12.7. The summed E-state index contributed by atoms with van der Waals surface area (Å²) in [6, 6.07) is 8.80. The van der Waals surface area contributed by atoms with Gasteiger partial charge in [-0.3, -0.25) is 14.2 Å². The van der Waals surface area contributed by atoms with Crippen LogP contribution in [0, 0.1) is 11.3 Å². The van der Waals surface area contributed by atoms with E-state index in [1.807, 2.05) is 6.07 Å². The molecule has 9 nitrogen and oxygen atoms in total. The van der Waals surface area contributed by atoms with Crippen LogP contribution in [0.15, 0.2) is 29.1 Å². The Labute approximate surface area is 188 Å². The van der Waals surface area contributed by atoms with Crippen molar-refractivity contribution in [3.63, 3.8) is 0 Å². The number of carbonyl (C=O) groups excluding carboxylic acids is 2. The zero-order valence-corrected chi connectivity index (χ0v) is 18.7. The zero-order valence-electron chi connectivity index (χ0n) is 17.9. The predicted octanol–water partition coefficient (Wildman–Crippen LogP) is 0.490. The highest BCUT2D eigenvalue weighted by Gasteiger charge is 2.18. The quantitative estimate of drug-likeness (QED) is 0.630. The number of nitrogens with zero attached hydrogens (tertiary/aromatic N) is 3. The summed E-state index contributed by atoms with van der Waals surface area (Å²) in [5.41, 5.74) is 0.764. The number of anilines is 1. The van der Waals surface area contributed by atoms with Gasteiger partial charge in [-0.15, -0.1) is 11.3 Å². The van der Waals surface area contributed by atoms with Crippen molar-refractivity contribution in [1.29, 1.82) is 5.26 Å². The highest BCUT2D eigenvalue weighted by Crippen LogP contribution is 2.12. The number of ether oxygens (including phenoxy) is 2. The van der Waals surface area contributed by atoms with Crippen molar-refractivity contribution < 1.29 is 19.1 Å². The molecule has 1 saturated heterocycles. The van der Waals surface area contributed by atoms with Crippen molar-refractivity contribution in [1.82, 2.24) is 9.47 Å². The third-order valence-corrected chi connectivity index (χ3v) is 5.96. The first-order valence-corrected chi connectivity index (χ1v) is 11.1. The van der Waals surface area contributed by atoms with Crippen molar-refractivity contribution in [2.24, 2.45) is 0 Å². The van der Waals surface area contributed by atoms with Crippen molar-refractivity contribution in [3.05, 3.63) is 49.4 Å². The Morgan fingerprint density at radius 1 is 1.25 bits per heavy atom. The van der Waals surface area contributed by atoms with Crippen molar-refractivity contribution >= 4 is 40.7 Å². The number of thiazole rings is 1. The first-order chi connectivity index (χ1) is 15.5. The minimum absolute atomic E-state index is 0.0453. The van der Waals surface area contributed by atoms with Crippen LogP contribution in [0.25, 0.3) is 11.8 Å². The van der Waals surface area contributed by atoms with Gasteiger partial charge in [0.1, 0.15) is 15.3 Å². The smallest absolute Gasteiger partial charge is 0.351 e. The predicted molar refractivity (Wildman–Crippen MR) is 120 cm³/mol. The number of carbonyl (C=O) groups is 2. The Balaban J connectivity index is 1.86. The van der Waals surface area contributed by atoms with E-state index in [9.17, 15) is 19.6 Å². The van der Waals surface area contributed by atoms with E-state index >= 15 is 0 Å². The first-order valence-electron chi connectivity index (χ1n) is 10.2. The average Bonchev–Trinajstić information content (AvgIpc) is 3.13. The highest BCUT2D eigenvalue weighted by atomic mass is 32.1. The minimum Gasteiger partial charge on any atom is -0.462 e. The van der Waals surface area contributed by atoms with Gasteiger partial charge in [0.15, 0.2) is 5.57 Å². The van der Waals surface area contributed by atoms with Gasteiger partial charge >= 0.3 is 5.97 Å². The number of hydrogen-bond acceptors (Lipinski definition) is 8. The van der Waals surface area contributed by atoms with E-state index in [-0.39, 0.29) is 28.3 Å². The summed E-state index contributed by atoms with van der Waals surface area (Å²) < 4.78 is 12.2. The molecule has 32 heavy (non-hydrogen) atoms. The van der Waals surface area contributed by atoms with E-state index in [4.69, 9.17) is 9.47 Å². The number of nitriles is 1. The summed E-state index contributed by atoms with van der Waals surface area (Å²) in [5, 5.41) is 12.5. The topological polar surface area (TPSA) is 114 Å². The lowest BCUT2D eigenvalue weighted by atomic mass is 10.1. The van der Waals surface area contributed by atoms with Gasteiger partial charge in [0.25, 0.3) is 11.5 Å². The number of hydrogen-bond donors (Lipinski definition) is 1. The molecule has 1 amide bonds. The van der Waals surface area contributed by atoms with Crippen molar-refractivity contribution in [2.75, 3.05) is 38.2 Å². The second-order valence-corrected chi connectivity index (χ2v) is 7.83. The van der Waals surface area contributed by atoms with Gasteiger partial charge in [-0.25, -0.2) is 4.79 Å². The standard InChI is InChI=1S/C22H24N4O5S/c1-3-26-20(28)18(32-21(26)17(13-23)22(29)31-4-2)14-24-16-7-5-15(6-8-16)19(27)25-9-11-30-12-10-25/h5-8,14,24H,3-4,9-12H2,1-2H3/b18-14+,21-17-. The monoisotopic (exact) mass is 456 g/mol. The molecule has 0 radical (unpaired) electrons. The third-order valence-electron chi connectivity index (χ3n) is 4.83. The lowest BCUT2D eigenvalue weighted by Gasteiger charge is -2.26. The maximum atomic E-state index is 12.7. The molecule has 2 heterocycles. The summed E-state index contributed by atoms with van der Waals surface area (Å²) >= 11 is 1.04. The summed E-state index contributed by atoms with van der Waals surface area (Å²) in [6.45, 7) is 6.09. The normalized spacial score (nSPS) is 15.2. The first kappa shape index (κ1) is 23.2. The molecule has 0 unspecified atom stereocenters. The fraction of sp³-hybridized carbons (Fsp3) is 0.364. The van der Waals surface area contributed by atoms with Crippen LogP contribution in [-0.4, -0.2) is 54.3 Å². The lowest BCUT2D eigenvalue weighted by molar-refractivity contribution is -0.136. The molecule has 0 aliphatic carbocycles. The van der Waals surface area contributed by atoms with E-state index in [2.05, 4.69) is 5.32 Å². The number of benzene rings is 1. The molecule has 1 aromatic carbocycles. The largest absolute Gasteiger partial charge is 0.462 e. The molecule has 0 bridgehead atoms. The summed E-state index contributed by atoms with van der Waals surface area (Å²) in [4.78, 5) is 39.1. The van der Waals surface area contributed by atoms with Crippen LogP contribution in [-0.2, 0) is 20.8 Å². The number of esters is 1. The third kappa shape index (κ3) is 5.07. The fourth-order valence-corrected chi connectivity index (χ4v) is 4.26. The zero-order chi connectivity index (χ0) is 23.1. The van der Waals surface area contributed by atoms with Gasteiger partial charge in [0.05, 0.1) is 19.8 Å². The molecule has 1 N–H and O–H groups in total. The molecule has 1 aromatic heterocycles. The highest BCUT2D eigenvalue weighted by molar-refractivity contribution is 7.07. The van der Waals surface area contributed by atoms with Crippen LogP contribution in [0.3, 0.4) is 0 Å². The number of nitrogens with one attached hydrogen (secondary N) is 1. The number of rotatable bonds is 6. The summed E-state index contributed by atoms with van der Waals surface area (Å²) in [6.07, 6.45) is 1.53. The Kier molecular flexibility index (Phi) is 7.81. The van der Waals surface area contributed by atoms with E-state index in [1.54, 1.807) is 43.0 Å². The van der Waals surface area contributed by atoms with Gasteiger partial charge in [-0.2, -0.15) is 5.26 Å². The van der Waals surface area contributed by atoms with Crippen molar-refractivity contribution in [3.8, 4) is 6.07 Å². The molecule has 2 aromatic rings.